The number of rotatable bonds is 5. The molecule has 138 valence electrons. The van der Waals surface area contributed by atoms with E-state index in [1.807, 2.05) is 62.6 Å². The van der Waals surface area contributed by atoms with Gasteiger partial charge in [0.15, 0.2) is 0 Å². The summed E-state index contributed by atoms with van der Waals surface area (Å²) in [5, 5.41) is 3.96. The summed E-state index contributed by atoms with van der Waals surface area (Å²) in [5.74, 6) is 0.755. The third-order valence-corrected chi connectivity index (χ3v) is 4.98. The summed E-state index contributed by atoms with van der Waals surface area (Å²) in [7, 11) is 4.04. The first-order chi connectivity index (χ1) is 13.0. The molecular formula is C21H20BrN3O2. The van der Waals surface area contributed by atoms with Gasteiger partial charge in [-0.25, -0.2) is 0 Å². The molecule has 2 aromatic carbocycles. The van der Waals surface area contributed by atoms with E-state index in [1.165, 1.54) is 0 Å². The van der Waals surface area contributed by atoms with Crippen LogP contribution in [0.3, 0.4) is 0 Å². The fourth-order valence-corrected chi connectivity index (χ4v) is 3.47. The summed E-state index contributed by atoms with van der Waals surface area (Å²) < 4.78 is 6.75. The Morgan fingerprint density at radius 2 is 2.00 bits per heavy atom. The van der Waals surface area contributed by atoms with Gasteiger partial charge in [-0.05, 0) is 62.6 Å². The van der Waals surface area contributed by atoms with Gasteiger partial charge in [0.25, 0.3) is 5.91 Å². The monoisotopic (exact) mass is 425 g/mol. The molecule has 0 saturated heterocycles. The predicted octanol–water partition coefficient (Wildman–Crippen LogP) is 4.36. The molecule has 6 heteroatoms. The molecule has 0 radical (unpaired) electrons. The summed E-state index contributed by atoms with van der Waals surface area (Å²) in [6, 6.07) is 13.8. The molecule has 4 rings (SSSR count). The van der Waals surface area contributed by atoms with Gasteiger partial charge in [0, 0.05) is 38.9 Å². The van der Waals surface area contributed by atoms with Gasteiger partial charge < -0.3 is 19.9 Å². The molecule has 1 amide bonds. The fraction of sp³-hybridized carbons (Fsp3) is 0.190. The number of aromatic nitrogens is 1. The average Bonchev–Trinajstić information content (AvgIpc) is 3.15. The van der Waals surface area contributed by atoms with Gasteiger partial charge in [-0.2, -0.15) is 0 Å². The van der Waals surface area contributed by atoms with Crippen molar-refractivity contribution in [1.29, 1.82) is 0 Å². The maximum absolute atomic E-state index is 12.4. The van der Waals surface area contributed by atoms with Crippen LogP contribution in [0.25, 0.3) is 22.6 Å². The number of likely N-dealkylation sites (N-methyl/N-ethyl adjacent to an activating group) is 1. The maximum Gasteiger partial charge on any atom is 0.256 e. The zero-order valence-electron chi connectivity index (χ0n) is 15.2. The van der Waals surface area contributed by atoms with Gasteiger partial charge in [0.1, 0.15) is 12.4 Å². The molecule has 3 aromatic rings. The number of fused-ring (bicyclic) bond motifs is 2. The molecule has 1 aromatic heterocycles. The topological polar surface area (TPSA) is 57.4 Å². The van der Waals surface area contributed by atoms with Gasteiger partial charge in [-0.15, -0.1) is 0 Å². The molecule has 0 atom stereocenters. The summed E-state index contributed by atoms with van der Waals surface area (Å²) in [6.07, 6.45) is 1.89. The van der Waals surface area contributed by atoms with Crippen LogP contribution in [0.1, 0.15) is 11.3 Å². The minimum absolute atomic E-state index is 0.0885. The highest BCUT2D eigenvalue weighted by molar-refractivity contribution is 9.10. The highest BCUT2D eigenvalue weighted by Crippen LogP contribution is 2.35. The Labute approximate surface area is 166 Å². The largest absolute Gasteiger partial charge is 0.492 e. The van der Waals surface area contributed by atoms with Crippen LogP contribution >= 0.6 is 15.9 Å². The van der Waals surface area contributed by atoms with Crippen molar-refractivity contribution in [2.24, 2.45) is 0 Å². The molecule has 0 spiro atoms. The van der Waals surface area contributed by atoms with E-state index in [9.17, 15) is 4.79 Å². The number of aromatic amines is 1. The van der Waals surface area contributed by atoms with Crippen molar-refractivity contribution >= 4 is 50.1 Å². The number of nitrogens with one attached hydrogen (secondary N) is 2. The van der Waals surface area contributed by atoms with E-state index in [4.69, 9.17) is 4.74 Å². The van der Waals surface area contributed by atoms with Gasteiger partial charge >= 0.3 is 0 Å². The van der Waals surface area contributed by atoms with E-state index < -0.39 is 0 Å². The van der Waals surface area contributed by atoms with Gasteiger partial charge in [-0.1, -0.05) is 15.9 Å². The number of anilines is 1. The summed E-state index contributed by atoms with van der Waals surface area (Å²) >= 11 is 3.47. The Kier molecular flexibility index (Phi) is 4.76. The lowest BCUT2D eigenvalue weighted by atomic mass is 10.1. The van der Waals surface area contributed by atoms with Crippen molar-refractivity contribution in [2.75, 3.05) is 32.6 Å². The normalized spacial score (nSPS) is 14.8. The number of halogens is 1. The second-order valence-electron chi connectivity index (χ2n) is 6.83. The van der Waals surface area contributed by atoms with Gasteiger partial charge in [0.2, 0.25) is 0 Å². The molecular weight excluding hydrogens is 406 g/mol. The SMILES string of the molecule is CN(C)CCOc1ccc2[nH]c(/C=C3/C(=O)Nc4ccc(Br)cc43)cc2c1. The Balaban J connectivity index is 1.62. The lowest BCUT2D eigenvalue weighted by Gasteiger charge is -2.10. The number of carbonyl (C=O) groups is 1. The Bertz CT molecular complexity index is 1050. The van der Waals surface area contributed by atoms with E-state index in [-0.39, 0.29) is 5.91 Å². The van der Waals surface area contributed by atoms with E-state index in [0.29, 0.717) is 12.2 Å². The van der Waals surface area contributed by atoms with Crippen molar-refractivity contribution in [3.63, 3.8) is 0 Å². The van der Waals surface area contributed by atoms with Crippen molar-refractivity contribution in [3.8, 4) is 5.75 Å². The van der Waals surface area contributed by atoms with Gasteiger partial charge in [-0.3, -0.25) is 4.79 Å². The number of amides is 1. The summed E-state index contributed by atoms with van der Waals surface area (Å²) in [4.78, 5) is 17.8. The van der Waals surface area contributed by atoms with E-state index >= 15 is 0 Å². The van der Waals surface area contributed by atoms with Crippen molar-refractivity contribution in [1.82, 2.24) is 9.88 Å². The van der Waals surface area contributed by atoms with E-state index in [0.717, 1.165) is 44.6 Å². The Morgan fingerprint density at radius 1 is 1.15 bits per heavy atom. The molecule has 2 N–H and O–H groups in total. The molecule has 0 saturated carbocycles. The second kappa shape index (κ2) is 7.21. The molecule has 1 aliphatic heterocycles. The first-order valence-corrected chi connectivity index (χ1v) is 9.52. The van der Waals surface area contributed by atoms with Crippen LogP contribution in [0.5, 0.6) is 5.75 Å². The van der Waals surface area contributed by atoms with Crippen molar-refractivity contribution < 1.29 is 9.53 Å². The fourth-order valence-electron chi connectivity index (χ4n) is 3.11. The van der Waals surface area contributed by atoms with E-state index in [1.54, 1.807) is 0 Å². The number of benzene rings is 2. The maximum atomic E-state index is 12.4. The van der Waals surface area contributed by atoms with Gasteiger partial charge in [0.05, 0.1) is 5.57 Å². The smallest absolute Gasteiger partial charge is 0.256 e. The predicted molar refractivity (Wildman–Crippen MR) is 113 cm³/mol. The quantitative estimate of drug-likeness (QED) is 0.596. The Morgan fingerprint density at radius 3 is 2.81 bits per heavy atom. The van der Waals surface area contributed by atoms with Crippen LogP contribution in [0.15, 0.2) is 46.9 Å². The second-order valence-corrected chi connectivity index (χ2v) is 7.74. The molecule has 2 heterocycles. The number of carbonyl (C=O) groups excluding carboxylic acids is 1. The Hall–Kier alpha value is -2.57. The molecule has 27 heavy (non-hydrogen) atoms. The first-order valence-electron chi connectivity index (χ1n) is 8.73. The average molecular weight is 426 g/mol. The first kappa shape index (κ1) is 17.8. The van der Waals surface area contributed by atoms with Crippen LogP contribution in [0.4, 0.5) is 5.69 Å². The molecule has 0 bridgehead atoms. The number of nitrogens with zero attached hydrogens (tertiary/aromatic N) is 1. The number of H-pyrrole nitrogens is 1. The molecule has 5 nitrogen and oxygen atoms in total. The minimum atomic E-state index is -0.0885. The minimum Gasteiger partial charge on any atom is -0.492 e. The molecule has 0 unspecified atom stereocenters. The highest BCUT2D eigenvalue weighted by Gasteiger charge is 2.24. The highest BCUT2D eigenvalue weighted by atomic mass is 79.9. The zero-order valence-corrected chi connectivity index (χ0v) is 16.8. The third-order valence-electron chi connectivity index (χ3n) is 4.48. The molecule has 0 fully saturated rings. The standard InChI is InChI=1S/C21H20BrN3O2/c1-25(2)7-8-27-16-4-6-19-13(10-16)9-15(23-19)12-18-17-11-14(22)3-5-20(17)24-21(18)26/h3-6,9-12,23H,7-8H2,1-2H3,(H,24,26)/b18-12+. The van der Waals surface area contributed by atoms with E-state index in [2.05, 4.69) is 31.1 Å². The summed E-state index contributed by atoms with van der Waals surface area (Å²) in [5.41, 5.74) is 4.28. The van der Waals surface area contributed by atoms with Crippen molar-refractivity contribution in [2.45, 2.75) is 0 Å². The summed E-state index contributed by atoms with van der Waals surface area (Å²) in [6.45, 7) is 1.51. The number of ether oxygens (including phenoxy) is 1. The van der Waals surface area contributed by atoms with Crippen LogP contribution in [0.2, 0.25) is 0 Å². The number of hydrogen-bond acceptors (Lipinski definition) is 3. The molecule has 0 aliphatic carbocycles. The zero-order chi connectivity index (χ0) is 19.0. The number of hydrogen-bond donors (Lipinski definition) is 2. The lowest BCUT2D eigenvalue weighted by Crippen LogP contribution is -2.19. The van der Waals surface area contributed by atoms with Crippen molar-refractivity contribution in [3.05, 3.63) is 58.2 Å². The lowest BCUT2D eigenvalue weighted by molar-refractivity contribution is -0.110. The van der Waals surface area contributed by atoms with Crippen LogP contribution in [0, 0.1) is 0 Å². The van der Waals surface area contributed by atoms with Crippen LogP contribution in [-0.4, -0.2) is 43.0 Å². The molecule has 1 aliphatic rings. The third kappa shape index (κ3) is 3.77. The van der Waals surface area contributed by atoms with Crippen LogP contribution in [-0.2, 0) is 4.79 Å². The van der Waals surface area contributed by atoms with Crippen LogP contribution < -0.4 is 10.1 Å².